The van der Waals surface area contributed by atoms with Gasteiger partial charge in [0.1, 0.15) is 0 Å². The molecule has 1 heterocycles. The zero-order valence-electron chi connectivity index (χ0n) is 18.2. The molecule has 1 N–H and O–H groups in total. The molecule has 0 aliphatic carbocycles. The third kappa shape index (κ3) is 6.42. The SMILES string of the molecule is CCCCC[Si](C)(O[C@H]1CCN(Cc2ccccc2)C[C@@H]1CO)C(C)(C)C. The normalized spacial score (nSPS) is 23.9. The van der Waals surface area contributed by atoms with Crippen LogP contribution in [0.2, 0.25) is 17.6 Å². The van der Waals surface area contributed by atoms with Crippen molar-refractivity contribution in [3.8, 4) is 0 Å². The van der Waals surface area contributed by atoms with E-state index in [-0.39, 0.29) is 23.7 Å². The van der Waals surface area contributed by atoms with E-state index in [1.54, 1.807) is 0 Å². The molecule has 0 radical (unpaired) electrons. The summed E-state index contributed by atoms with van der Waals surface area (Å²) in [6.07, 6.45) is 5.06. The average Bonchev–Trinajstić information content (AvgIpc) is 2.63. The average molecular weight is 392 g/mol. The second kappa shape index (κ2) is 10.2. The largest absolute Gasteiger partial charge is 0.413 e. The van der Waals surface area contributed by atoms with Gasteiger partial charge in [-0.05, 0) is 29.6 Å². The highest BCUT2D eigenvalue weighted by Gasteiger charge is 2.45. The summed E-state index contributed by atoms with van der Waals surface area (Å²) in [5.74, 6) is 0.225. The van der Waals surface area contributed by atoms with Gasteiger partial charge in [0.05, 0.1) is 6.10 Å². The van der Waals surface area contributed by atoms with Gasteiger partial charge in [0, 0.05) is 32.2 Å². The van der Waals surface area contributed by atoms with Gasteiger partial charge in [0.25, 0.3) is 0 Å². The molecule has 1 aromatic carbocycles. The molecule has 3 atom stereocenters. The Morgan fingerprint density at radius 3 is 2.48 bits per heavy atom. The fourth-order valence-corrected chi connectivity index (χ4v) is 7.18. The molecule has 0 bridgehead atoms. The molecule has 2 rings (SSSR count). The fraction of sp³-hybridized carbons (Fsp3) is 0.739. The molecule has 154 valence electrons. The van der Waals surface area contributed by atoms with E-state index >= 15 is 0 Å². The van der Waals surface area contributed by atoms with Gasteiger partial charge < -0.3 is 9.53 Å². The quantitative estimate of drug-likeness (QED) is 0.449. The van der Waals surface area contributed by atoms with E-state index in [0.29, 0.717) is 0 Å². The van der Waals surface area contributed by atoms with E-state index in [1.807, 2.05) is 0 Å². The predicted octanol–water partition coefficient (Wildman–Crippen LogP) is 5.45. The van der Waals surface area contributed by atoms with Crippen molar-refractivity contribution in [3.05, 3.63) is 35.9 Å². The van der Waals surface area contributed by atoms with Gasteiger partial charge in [-0.25, -0.2) is 0 Å². The monoisotopic (exact) mass is 391 g/mol. The maximum Gasteiger partial charge on any atom is 0.195 e. The van der Waals surface area contributed by atoms with Crippen molar-refractivity contribution in [3.63, 3.8) is 0 Å². The van der Waals surface area contributed by atoms with Crippen molar-refractivity contribution in [2.45, 2.75) is 83.7 Å². The van der Waals surface area contributed by atoms with Crippen LogP contribution >= 0.6 is 0 Å². The van der Waals surface area contributed by atoms with Crippen molar-refractivity contribution in [2.24, 2.45) is 5.92 Å². The number of hydrogen-bond acceptors (Lipinski definition) is 3. The number of nitrogens with zero attached hydrogens (tertiary/aromatic N) is 1. The van der Waals surface area contributed by atoms with Crippen LogP contribution in [0.1, 0.15) is 58.9 Å². The number of unbranched alkanes of at least 4 members (excludes halogenated alkanes) is 2. The van der Waals surface area contributed by atoms with E-state index < -0.39 is 8.32 Å². The van der Waals surface area contributed by atoms with Crippen molar-refractivity contribution in [2.75, 3.05) is 19.7 Å². The van der Waals surface area contributed by atoms with E-state index in [1.165, 1.54) is 30.9 Å². The zero-order chi connectivity index (χ0) is 19.9. The lowest BCUT2D eigenvalue weighted by atomic mass is 9.95. The van der Waals surface area contributed by atoms with Crippen LogP contribution in [0.3, 0.4) is 0 Å². The third-order valence-electron chi connectivity index (χ3n) is 6.49. The zero-order valence-corrected chi connectivity index (χ0v) is 19.2. The van der Waals surface area contributed by atoms with Gasteiger partial charge in [-0.3, -0.25) is 4.90 Å². The Kier molecular flexibility index (Phi) is 8.54. The minimum atomic E-state index is -1.86. The van der Waals surface area contributed by atoms with Crippen molar-refractivity contribution in [1.82, 2.24) is 4.90 Å². The van der Waals surface area contributed by atoms with E-state index in [9.17, 15) is 5.11 Å². The lowest BCUT2D eigenvalue weighted by Gasteiger charge is -2.46. The Balaban J connectivity index is 2.00. The molecule has 3 nitrogen and oxygen atoms in total. The number of piperidine rings is 1. The lowest BCUT2D eigenvalue weighted by Crippen LogP contribution is -2.53. The van der Waals surface area contributed by atoms with Crippen LogP contribution in [-0.4, -0.2) is 44.1 Å². The van der Waals surface area contributed by atoms with Crippen molar-refractivity contribution >= 4 is 8.32 Å². The Morgan fingerprint density at radius 1 is 1.19 bits per heavy atom. The highest BCUT2D eigenvalue weighted by Crippen LogP contribution is 2.43. The summed E-state index contributed by atoms with van der Waals surface area (Å²) in [6, 6.07) is 11.9. The van der Waals surface area contributed by atoms with Gasteiger partial charge in [0.15, 0.2) is 8.32 Å². The van der Waals surface area contributed by atoms with Gasteiger partial charge in [-0.2, -0.15) is 0 Å². The molecule has 0 spiro atoms. The number of hydrogen-bond donors (Lipinski definition) is 1. The van der Waals surface area contributed by atoms with E-state index in [0.717, 1.165) is 26.1 Å². The number of benzene rings is 1. The molecule has 1 aromatic rings. The first-order chi connectivity index (χ1) is 12.8. The molecule has 27 heavy (non-hydrogen) atoms. The summed E-state index contributed by atoms with van der Waals surface area (Å²) in [4.78, 5) is 2.48. The van der Waals surface area contributed by atoms with Crippen LogP contribution in [0.4, 0.5) is 0 Å². The molecule has 1 saturated heterocycles. The molecular formula is C23H41NO2Si. The van der Waals surface area contributed by atoms with Crippen LogP contribution in [0.15, 0.2) is 30.3 Å². The van der Waals surface area contributed by atoms with Crippen molar-refractivity contribution in [1.29, 1.82) is 0 Å². The summed E-state index contributed by atoms with van der Waals surface area (Å²) >= 11 is 0. The molecule has 0 aromatic heterocycles. The molecule has 1 aliphatic heterocycles. The molecule has 1 unspecified atom stereocenters. The molecule has 1 fully saturated rings. The highest BCUT2D eigenvalue weighted by atomic mass is 28.4. The molecule has 1 aliphatic rings. The number of aliphatic hydroxyl groups excluding tert-OH is 1. The van der Waals surface area contributed by atoms with Gasteiger partial charge in [-0.1, -0.05) is 77.3 Å². The van der Waals surface area contributed by atoms with Crippen LogP contribution in [0, 0.1) is 5.92 Å². The fourth-order valence-electron chi connectivity index (χ4n) is 4.06. The van der Waals surface area contributed by atoms with Crippen LogP contribution in [-0.2, 0) is 11.0 Å². The second-order valence-corrected chi connectivity index (χ2v) is 14.2. The van der Waals surface area contributed by atoms with Crippen LogP contribution in [0.25, 0.3) is 0 Å². The highest BCUT2D eigenvalue weighted by molar-refractivity contribution is 6.75. The predicted molar refractivity (Wildman–Crippen MR) is 117 cm³/mol. The maximum atomic E-state index is 10.1. The van der Waals surface area contributed by atoms with Gasteiger partial charge >= 0.3 is 0 Å². The summed E-state index contributed by atoms with van der Waals surface area (Å²) in [5, 5.41) is 10.3. The first-order valence-corrected chi connectivity index (χ1v) is 13.5. The third-order valence-corrected chi connectivity index (χ3v) is 11.8. The molecule has 4 heteroatoms. The first kappa shape index (κ1) is 22.6. The summed E-state index contributed by atoms with van der Waals surface area (Å²) in [5.41, 5.74) is 1.35. The van der Waals surface area contributed by atoms with Gasteiger partial charge in [-0.15, -0.1) is 0 Å². The van der Waals surface area contributed by atoms with Gasteiger partial charge in [0.2, 0.25) is 0 Å². The number of rotatable bonds is 9. The first-order valence-electron chi connectivity index (χ1n) is 10.8. The summed E-state index contributed by atoms with van der Waals surface area (Å²) < 4.78 is 6.94. The second-order valence-electron chi connectivity index (χ2n) is 9.55. The number of aliphatic hydroxyl groups is 1. The minimum absolute atomic E-state index is 0.208. The number of likely N-dealkylation sites (tertiary alicyclic amines) is 1. The topological polar surface area (TPSA) is 32.7 Å². The molecule has 0 saturated carbocycles. The smallest absolute Gasteiger partial charge is 0.195 e. The minimum Gasteiger partial charge on any atom is -0.413 e. The van der Waals surface area contributed by atoms with Crippen LogP contribution in [0.5, 0.6) is 0 Å². The standard InChI is InChI=1S/C23H41NO2Si/c1-6-7-11-16-27(5,23(2,3)4)26-22-14-15-24(18-21(22)19-25)17-20-12-9-8-10-13-20/h8-10,12-13,21-22,25H,6-7,11,14-19H2,1-5H3/t21-,22+,27?/m1/s1. The Morgan fingerprint density at radius 2 is 1.89 bits per heavy atom. The lowest BCUT2D eigenvalue weighted by molar-refractivity contribution is 0.00409. The summed E-state index contributed by atoms with van der Waals surface area (Å²) in [7, 11) is -1.86. The Bertz CT molecular complexity index is 545. The van der Waals surface area contributed by atoms with E-state index in [2.05, 4.69) is 69.5 Å². The summed E-state index contributed by atoms with van der Waals surface area (Å²) in [6.45, 7) is 14.9. The molecule has 0 amide bonds. The Labute approximate surface area is 168 Å². The van der Waals surface area contributed by atoms with E-state index in [4.69, 9.17) is 4.43 Å². The maximum absolute atomic E-state index is 10.1. The Hall–Kier alpha value is -0.683. The molecular weight excluding hydrogens is 350 g/mol. The van der Waals surface area contributed by atoms with Crippen molar-refractivity contribution < 1.29 is 9.53 Å². The van der Waals surface area contributed by atoms with Crippen LogP contribution < -0.4 is 0 Å².